The number of phenolic OH excluding ortho intramolecular Hbond substituents is 1. The summed E-state index contributed by atoms with van der Waals surface area (Å²) in [4.78, 5) is 11.0. The molecule has 0 aliphatic heterocycles. The number of hydrogen-bond acceptors (Lipinski definition) is 5. The fraction of sp³-hybridized carbons (Fsp3) is 0.364. The van der Waals surface area contributed by atoms with E-state index in [1.165, 1.54) is 18.2 Å². The van der Waals surface area contributed by atoms with E-state index in [9.17, 15) is 20.1 Å². The van der Waals surface area contributed by atoms with Crippen molar-refractivity contribution in [1.82, 2.24) is 0 Å². The smallest absolute Gasteiger partial charge is 0.337 e. The standard InChI is InChI=1S/C11H14O5/c1-6-5-7(12)3-4-8(6)9(13)10(14)11(15)16-2/h3-5,9-10,12-14H,1-2H3. The molecular weight excluding hydrogens is 212 g/mol. The maximum Gasteiger partial charge on any atom is 0.337 e. The zero-order valence-corrected chi connectivity index (χ0v) is 9.04. The van der Waals surface area contributed by atoms with Crippen molar-refractivity contribution in [1.29, 1.82) is 0 Å². The Morgan fingerprint density at radius 3 is 2.50 bits per heavy atom. The van der Waals surface area contributed by atoms with Crippen molar-refractivity contribution < 1.29 is 24.9 Å². The van der Waals surface area contributed by atoms with E-state index in [4.69, 9.17) is 0 Å². The van der Waals surface area contributed by atoms with Gasteiger partial charge in [0.05, 0.1) is 7.11 Å². The van der Waals surface area contributed by atoms with E-state index in [0.29, 0.717) is 11.1 Å². The molecule has 0 aliphatic carbocycles. The van der Waals surface area contributed by atoms with E-state index in [1.54, 1.807) is 6.92 Å². The number of carbonyl (C=O) groups excluding carboxylic acids is 1. The average molecular weight is 226 g/mol. The zero-order chi connectivity index (χ0) is 12.3. The summed E-state index contributed by atoms with van der Waals surface area (Å²) in [5, 5.41) is 28.4. The quantitative estimate of drug-likeness (QED) is 0.644. The number of aliphatic hydroxyl groups excluding tert-OH is 2. The minimum absolute atomic E-state index is 0.0565. The Kier molecular flexibility index (Phi) is 3.87. The Morgan fingerprint density at radius 2 is 2.00 bits per heavy atom. The predicted octanol–water partition coefficient (Wildman–Crippen LogP) is 0.268. The van der Waals surface area contributed by atoms with Gasteiger partial charge in [0.2, 0.25) is 0 Å². The van der Waals surface area contributed by atoms with Crippen molar-refractivity contribution in [3.8, 4) is 5.75 Å². The van der Waals surface area contributed by atoms with Crippen LogP contribution in [0.25, 0.3) is 0 Å². The number of esters is 1. The van der Waals surface area contributed by atoms with Gasteiger partial charge in [-0.3, -0.25) is 0 Å². The molecule has 0 aromatic heterocycles. The number of benzene rings is 1. The van der Waals surface area contributed by atoms with Crippen LogP contribution < -0.4 is 0 Å². The largest absolute Gasteiger partial charge is 0.508 e. The number of aryl methyl sites for hydroxylation is 1. The van der Waals surface area contributed by atoms with E-state index < -0.39 is 18.2 Å². The highest BCUT2D eigenvalue weighted by Crippen LogP contribution is 2.24. The van der Waals surface area contributed by atoms with Crippen molar-refractivity contribution >= 4 is 5.97 Å². The lowest BCUT2D eigenvalue weighted by Crippen LogP contribution is -2.29. The van der Waals surface area contributed by atoms with Crippen LogP contribution >= 0.6 is 0 Å². The van der Waals surface area contributed by atoms with Gasteiger partial charge in [0.25, 0.3) is 0 Å². The second kappa shape index (κ2) is 4.96. The summed E-state index contributed by atoms with van der Waals surface area (Å²) in [7, 11) is 1.13. The molecule has 88 valence electrons. The zero-order valence-electron chi connectivity index (χ0n) is 9.04. The van der Waals surface area contributed by atoms with Crippen LogP contribution in [-0.4, -0.2) is 34.5 Å². The summed E-state index contributed by atoms with van der Waals surface area (Å²) < 4.78 is 4.32. The van der Waals surface area contributed by atoms with Crippen molar-refractivity contribution in [2.75, 3.05) is 7.11 Å². The Morgan fingerprint density at radius 1 is 1.38 bits per heavy atom. The van der Waals surface area contributed by atoms with E-state index in [-0.39, 0.29) is 5.75 Å². The minimum Gasteiger partial charge on any atom is -0.508 e. The first-order valence-electron chi connectivity index (χ1n) is 4.71. The molecule has 5 heteroatoms. The predicted molar refractivity (Wildman–Crippen MR) is 55.8 cm³/mol. The fourth-order valence-corrected chi connectivity index (χ4v) is 1.41. The van der Waals surface area contributed by atoms with Gasteiger partial charge in [0.15, 0.2) is 6.10 Å². The number of aliphatic hydroxyl groups is 2. The van der Waals surface area contributed by atoms with Gasteiger partial charge in [0.1, 0.15) is 11.9 Å². The van der Waals surface area contributed by atoms with Gasteiger partial charge in [-0.05, 0) is 30.2 Å². The molecule has 0 amide bonds. The van der Waals surface area contributed by atoms with Crippen LogP contribution in [0.3, 0.4) is 0 Å². The van der Waals surface area contributed by atoms with Crippen LogP contribution in [0, 0.1) is 6.92 Å². The Labute approximate surface area is 92.9 Å². The van der Waals surface area contributed by atoms with E-state index in [2.05, 4.69) is 4.74 Å². The summed E-state index contributed by atoms with van der Waals surface area (Å²) in [6.45, 7) is 1.66. The number of rotatable bonds is 3. The number of carbonyl (C=O) groups is 1. The van der Waals surface area contributed by atoms with Gasteiger partial charge in [-0.2, -0.15) is 0 Å². The van der Waals surface area contributed by atoms with Crippen LogP contribution in [0.2, 0.25) is 0 Å². The Balaban J connectivity index is 2.96. The van der Waals surface area contributed by atoms with Gasteiger partial charge in [-0.15, -0.1) is 0 Å². The van der Waals surface area contributed by atoms with E-state index >= 15 is 0 Å². The molecule has 1 aromatic rings. The summed E-state index contributed by atoms with van der Waals surface area (Å²) in [6, 6.07) is 4.25. The maximum absolute atomic E-state index is 11.0. The van der Waals surface area contributed by atoms with Gasteiger partial charge in [-0.25, -0.2) is 4.79 Å². The second-order valence-corrected chi connectivity index (χ2v) is 3.45. The number of ether oxygens (including phenoxy) is 1. The molecule has 0 radical (unpaired) electrons. The van der Waals surface area contributed by atoms with Crippen LogP contribution in [0.5, 0.6) is 5.75 Å². The van der Waals surface area contributed by atoms with Gasteiger partial charge in [0, 0.05) is 0 Å². The van der Waals surface area contributed by atoms with Crippen LogP contribution in [-0.2, 0) is 9.53 Å². The third kappa shape index (κ3) is 2.50. The van der Waals surface area contributed by atoms with Gasteiger partial charge < -0.3 is 20.1 Å². The SMILES string of the molecule is COC(=O)C(O)C(O)c1ccc(O)cc1C. The first-order valence-corrected chi connectivity index (χ1v) is 4.71. The van der Waals surface area contributed by atoms with Crippen LogP contribution in [0.4, 0.5) is 0 Å². The minimum atomic E-state index is -1.63. The lowest BCUT2D eigenvalue weighted by molar-refractivity contribution is -0.156. The highest BCUT2D eigenvalue weighted by molar-refractivity contribution is 5.75. The molecule has 0 saturated carbocycles. The highest BCUT2D eigenvalue weighted by Gasteiger charge is 2.27. The van der Waals surface area contributed by atoms with E-state index in [0.717, 1.165) is 7.11 Å². The lowest BCUT2D eigenvalue weighted by Gasteiger charge is -2.17. The fourth-order valence-electron chi connectivity index (χ4n) is 1.41. The normalized spacial score (nSPS) is 14.2. The second-order valence-electron chi connectivity index (χ2n) is 3.45. The maximum atomic E-state index is 11.0. The molecule has 0 spiro atoms. The summed E-state index contributed by atoms with van der Waals surface area (Å²) in [5.74, 6) is -0.846. The number of phenols is 1. The first-order chi connectivity index (χ1) is 7.47. The third-order valence-electron chi connectivity index (χ3n) is 2.31. The molecule has 0 fully saturated rings. The summed E-state index contributed by atoms with van der Waals surface area (Å²) >= 11 is 0. The molecule has 2 unspecified atom stereocenters. The van der Waals surface area contributed by atoms with Crippen molar-refractivity contribution in [3.63, 3.8) is 0 Å². The number of hydrogen-bond donors (Lipinski definition) is 3. The average Bonchev–Trinajstić information content (AvgIpc) is 2.26. The summed E-state index contributed by atoms with van der Waals surface area (Å²) in [6.07, 6.45) is -3.00. The molecule has 1 rings (SSSR count). The van der Waals surface area contributed by atoms with Gasteiger partial charge in [-0.1, -0.05) is 6.07 Å². The lowest BCUT2D eigenvalue weighted by atomic mass is 9.99. The number of aromatic hydroxyl groups is 1. The summed E-state index contributed by atoms with van der Waals surface area (Å²) in [5.41, 5.74) is 0.950. The number of methoxy groups -OCH3 is 1. The molecule has 1 aromatic carbocycles. The van der Waals surface area contributed by atoms with Crippen molar-refractivity contribution in [3.05, 3.63) is 29.3 Å². The van der Waals surface area contributed by atoms with Crippen LogP contribution in [0.15, 0.2) is 18.2 Å². The highest BCUT2D eigenvalue weighted by atomic mass is 16.5. The Hall–Kier alpha value is -1.59. The van der Waals surface area contributed by atoms with Crippen molar-refractivity contribution in [2.24, 2.45) is 0 Å². The topological polar surface area (TPSA) is 87.0 Å². The molecule has 2 atom stereocenters. The molecule has 16 heavy (non-hydrogen) atoms. The first kappa shape index (κ1) is 12.5. The molecular formula is C11H14O5. The third-order valence-corrected chi connectivity index (χ3v) is 2.31. The molecule has 5 nitrogen and oxygen atoms in total. The molecule has 3 N–H and O–H groups in total. The van der Waals surface area contributed by atoms with Crippen molar-refractivity contribution in [2.45, 2.75) is 19.1 Å². The van der Waals surface area contributed by atoms with Crippen LogP contribution in [0.1, 0.15) is 17.2 Å². The Bertz CT molecular complexity index is 388. The molecule has 0 aliphatic rings. The molecule has 0 bridgehead atoms. The monoisotopic (exact) mass is 226 g/mol. The molecule has 0 saturated heterocycles. The van der Waals surface area contributed by atoms with Gasteiger partial charge >= 0.3 is 5.97 Å². The molecule has 0 heterocycles. The van der Waals surface area contributed by atoms with E-state index in [1.807, 2.05) is 0 Å².